The van der Waals surface area contributed by atoms with Gasteiger partial charge < -0.3 is 0 Å². The highest BCUT2D eigenvalue weighted by Gasteiger charge is 2.16. The lowest BCUT2D eigenvalue weighted by Crippen LogP contribution is -2.12. The Morgan fingerprint density at radius 1 is 1.33 bits per heavy atom. The normalized spacial score (nSPS) is 10.9. The van der Waals surface area contributed by atoms with E-state index in [1.807, 2.05) is 18.5 Å². The van der Waals surface area contributed by atoms with E-state index in [-0.39, 0.29) is 12.2 Å². The molecule has 0 saturated carbocycles. The van der Waals surface area contributed by atoms with Gasteiger partial charge in [0.25, 0.3) is 0 Å². The van der Waals surface area contributed by atoms with Crippen LogP contribution in [-0.4, -0.2) is 15.6 Å². The van der Waals surface area contributed by atoms with Gasteiger partial charge in [-0.25, -0.2) is 0 Å². The van der Waals surface area contributed by atoms with Gasteiger partial charge in [-0.2, -0.15) is 5.10 Å². The predicted molar refractivity (Wildman–Crippen MR) is 89.2 cm³/mol. The lowest BCUT2D eigenvalue weighted by Gasteiger charge is -2.07. The average Bonchev–Trinajstić information content (AvgIpc) is 2.69. The number of halogens is 3. The first kappa shape index (κ1) is 16.5. The van der Waals surface area contributed by atoms with E-state index in [2.05, 4.69) is 21.0 Å². The van der Waals surface area contributed by atoms with Crippen LogP contribution in [0, 0.1) is 6.92 Å². The van der Waals surface area contributed by atoms with Crippen LogP contribution in [0.25, 0.3) is 0 Å². The fourth-order valence-corrected chi connectivity index (χ4v) is 3.06. The van der Waals surface area contributed by atoms with Crippen LogP contribution in [0.1, 0.15) is 23.9 Å². The number of carbonyl (C=O) groups is 1. The smallest absolute Gasteiger partial charge is 0.143 e. The molecule has 1 heterocycles. The minimum absolute atomic E-state index is 0.0922. The molecule has 0 aliphatic rings. The van der Waals surface area contributed by atoms with E-state index in [4.69, 9.17) is 23.2 Å². The van der Waals surface area contributed by atoms with E-state index < -0.39 is 0 Å². The Balaban J connectivity index is 2.15. The fraction of sp³-hybridized carbons (Fsp3) is 0.333. The van der Waals surface area contributed by atoms with Crippen molar-refractivity contribution in [3.63, 3.8) is 0 Å². The van der Waals surface area contributed by atoms with Gasteiger partial charge >= 0.3 is 0 Å². The highest BCUT2D eigenvalue weighted by atomic mass is 79.9. The molecule has 0 radical (unpaired) electrons. The largest absolute Gasteiger partial charge is 0.299 e. The van der Waals surface area contributed by atoms with Crippen molar-refractivity contribution in [3.8, 4) is 0 Å². The number of nitrogens with zero attached hydrogens (tertiary/aromatic N) is 2. The first-order chi connectivity index (χ1) is 9.92. The number of hydrogen-bond donors (Lipinski definition) is 0. The maximum atomic E-state index is 12.3. The molecule has 21 heavy (non-hydrogen) atoms. The Kier molecular flexibility index (Phi) is 5.47. The Hall–Kier alpha value is -0.840. The van der Waals surface area contributed by atoms with Crippen LogP contribution in [0.15, 0.2) is 22.7 Å². The molecule has 0 fully saturated rings. The predicted octanol–water partition coefficient (Wildman–Crippen LogP) is 4.64. The molecule has 2 rings (SSSR count). The molecule has 0 aliphatic carbocycles. The molecule has 1 aromatic carbocycles. The second kappa shape index (κ2) is 6.95. The van der Waals surface area contributed by atoms with Crippen molar-refractivity contribution in [3.05, 3.63) is 49.7 Å². The van der Waals surface area contributed by atoms with E-state index in [0.717, 1.165) is 28.0 Å². The zero-order valence-electron chi connectivity index (χ0n) is 11.8. The third kappa shape index (κ3) is 3.87. The number of aryl methyl sites for hydroxylation is 2. The molecule has 3 nitrogen and oxygen atoms in total. The van der Waals surface area contributed by atoms with Crippen molar-refractivity contribution in [1.82, 2.24) is 9.78 Å². The highest BCUT2D eigenvalue weighted by molar-refractivity contribution is 9.10. The topological polar surface area (TPSA) is 34.9 Å². The standard InChI is InChI=1S/C15H15BrCl2N2O/c1-3-20-14(15(16)9(2)19-20)8-12(21)6-10-4-5-11(17)7-13(10)18/h4-5,7H,3,6,8H2,1-2H3. The molecule has 0 spiro atoms. The van der Waals surface area contributed by atoms with Gasteiger partial charge in [0.15, 0.2) is 0 Å². The van der Waals surface area contributed by atoms with Crippen molar-refractivity contribution in [2.75, 3.05) is 0 Å². The Labute approximate surface area is 142 Å². The molecule has 6 heteroatoms. The average molecular weight is 390 g/mol. The van der Waals surface area contributed by atoms with Crippen LogP contribution in [0.3, 0.4) is 0 Å². The van der Waals surface area contributed by atoms with E-state index in [9.17, 15) is 4.79 Å². The van der Waals surface area contributed by atoms with Crippen molar-refractivity contribution in [2.24, 2.45) is 0 Å². The van der Waals surface area contributed by atoms with E-state index >= 15 is 0 Å². The first-order valence-electron chi connectivity index (χ1n) is 6.59. The molecule has 1 aromatic heterocycles. The van der Waals surface area contributed by atoms with Gasteiger partial charge in [0.2, 0.25) is 0 Å². The van der Waals surface area contributed by atoms with Gasteiger partial charge in [-0.1, -0.05) is 29.3 Å². The summed E-state index contributed by atoms with van der Waals surface area (Å²) in [6, 6.07) is 5.19. The summed E-state index contributed by atoms with van der Waals surface area (Å²) in [5.74, 6) is 0.0922. The molecular weight excluding hydrogens is 375 g/mol. The van der Waals surface area contributed by atoms with E-state index in [1.54, 1.807) is 18.2 Å². The third-order valence-electron chi connectivity index (χ3n) is 3.22. The highest BCUT2D eigenvalue weighted by Crippen LogP contribution is 2.24. The van der Waals surface area contributed by atoms with Gasteiger partial charge in [-0.15, -0.1) is 0 Å². The summed E-state index contributed by atoms with van der Waals surface area (Å²) in [6.07, 6.45) is 0.616. The molecular formula is C15H15BrCl2N2O. The SMILES string of the molecule is CCn1nc(C)c(Br)c1CC(=O)Cc1ccc(Cl)cc1Cl. The summed E-state index contributed by atoms with van der Waals surface area (Å²) in [5, 5.41) is 5.48. The van der Waals surface area contributed by atoms with Gasteiger partial charge in [0.05, 0.1) is 15.9 Å². The van der Waals surface area contributed by atoms with Gasteiger partial charge in [0, 0.05) is 29.4 Å². The maximum Gasteiger partial charge on any atom is 0.143 e. The van der Waals surface area contributed by atoms with Crippen LogP contribution in [0.4, 0.5) is 0 Å². The Bertz CT molecular complexity index is 683. The Morgan fingerprint density at radius 3 is 2.67 bits per heavy atom. The van der Waals surface area contributed by atoms with Crippen LogP contribution in [0.5, 0.6) is 0 Å². The Morgan fingerprint density at radius 2 is 2.05 bits per heavy atom. The molecule has 0 N–H and O–H groups in total. The van der Waals surface area contributed by atoms with Crippen LogP contribution in [0.2, 0.25) is 10.0 Å². The molecule has 2 aromatic rings. The summed E-state index contributed by atoms with van der Waals surface area (Å²) >= 11 is 15.5. The zero-order chi connectivity index (χ0) is 15.6. The summed E-state index contributed by atoms with van der Waals surface area (Å²) in [5.41, 5.74) is 2.59. The number of ketones is 1. The van der Waals surface area contributed by atoms with Crippen molar-refractivity contribution in [1.29, 1.82) is 0 Å². The minimum Gasteiger partial charge on any atom is -0.299 e. The second-order valence-corrected chi connectivity index (χ2v) is 6.43. The second-order valence-electron chi connectivity index (χ2n) is 4.79. The summed E-state index contributed by atoms with van der Waals surface area (Å²) in [4.78, 5) is 12.3. The van der Waals surface area contributed by atoms with Crippen molar-refractivity contribution in [2.45, 2.75) is 33.2 Å². The van der Waals surface area contributed by atoms with Crippen LogP contribution >= 0.6 is 39.1 Å². The first-order valence-corrected chi connectivity index (χ1v) is 8.14. The molecule has 0 atom stereocenters. The summed E-state index contributed by atoms with van der Waals surface area (Å²) < 4.78 is 2.75. The summed E-state index contributed by atoms with van der Waals surface area (Å²) in [6.45, 7) is 4.65. The van der Waals surface area contributed by atoms with Gasteiger partial charge in [-0.05, 0) is 47.5 Å². The molecule has 0 aliphatic heterocycles. The molecule has 112 valence electrons. The molecule has 0 amide bonds. The van der Waals surface area contributed by atoms with Crippen molar-refractivity contribution < 1.29 is 4.79 Å². The fourth-order valence-electron chi connectivity index (χ4n) is 2.16. The number of carbonyl (C=O) groups excluding carboxylic acids is 1. The monoisotopic (exact) mass is 388 g/mol. The van der Waals surface area contributed by atoms with Crippen LogP contribution in [-0.2, 0) is 24.2 Å². The lowest BCUT2D eigenvalue weighted by atomic mass is 10.1. The number of rotatable bonds is 5. The van der Waals surface area contributed by atoms with Crippen LogP contribution < -0.4 is 0 Å². The molecule has 0 unspecified atom stereocenters. The third-order valence-corrected chi connectivity index (χ3v) is 4.84. The lowest BCUT2D eigenvalue weighted by molar-refractivity contribution is -0.117. The molecule has 0 saturated heterocycles. The maximum absolute atomic E-state index is 12.3. The minimum atomic E-state index is 0.0922. The quantitative estimate of drug-likeness (QED) is 0.746. The van der Waals surface area contributed by atoms with E-state index in [1.165, 1.54) is 0 Å². The number of aromatic nitrogens is 2. The van der Waals surface area contributed by atoms with E-state index in [0.29, 0.717) is 16.5 Å². The number of hydrogen-bond acceptors (Lipinski definition) is 2. The van der Waals surface area contributed by atoms with Crippen molar-refractivity contribution >= 4 is 44.9 Å². The summed E-state index contributed by atoms with van der Waals surface area (Å²) in [7, 11) is 0. The zero-order valence-corrected chi connectivity index (χ0v) is 14.9. The number of benzene rings is 1. The number of Topliss-reactive ketones (excluding diaryl/α,β-unsaturated/α-hetero) is 1. The molecule has 0 bridgehead atoms. The van der Waals surface area contributed by atoms with Gasteiger partial charge in [-0.3, -0.25) is 9.48 Å². The van der Waals surface area contributed by atoms with Gasteiger partial charge in [0.1, 0.15) is 5.78 Å².